The Balaban J connectivity index is 1.10. The molecule has 0 saturated carbocycles. The average Bonchev–Trinajstić information content (AvgIpc) is 3.48. The van der Waals surface area contributed by atoms with Gasteiger partial charge in [-0.25, -0.2) is 0 Å². The largest absolute Gasteiger partial charge is 0.495 e. The molecule has 0 unspecified atom stereocenters. The maximum absolute atomic E-state index is 10.5. The van der Waals surface area contributed by atoms with Gasteiger partial charge in [-0.15, -0.1) is 11.3 Å². The lowest BCUT2D eigenvalue weighted by Crippen LogP contribution is -2.49. The minimum absolute atomic E-state index is 0.255. The SMILES string of the molecule is COc1ccccc1N1CCN(C[C@@H](O)COc2ccc(-c3noc4ccsc34)cc2)CC1. The molecule has 1 N–H and O–H groups in total. The lowest BCUT2D eigenvalue weighted by Gasteiger charge is -2.37. The molecule has 0 spiro atoms. The molecule has 1 aliphatic heterocycles. The van der Waals surface area contributed by atoms with Crippen molar-refractivity contribution < 1.29 is 19.1 Å². The van der Waals surface area contributed by atoms with Gasteiger partial charge in [0.05, 0.1) is 12.8 Å². The van der Waals surface area contributed by atoms with E-state index in [0.29, 0.717) is 6.54 Å². The molecule has 1 fully saturated rings. The second kappa shape index (κ2) is 9.82. The molecular weight excluding hydrogens is 438 g/mol. The van der Waals surface area contributed by atoms with Crippen LogP contribution >= 0.6 is 11.3 Å². The van der Waals surface area contributed by atoms with Gasteiger partial charge in [-0.05, 0) is 47.8 Å². The number of hydrogen-bond donors (Lipinski definition) is 1. The van der Waals surface area contributed by atoms with Crippen molar-refractivity contribution >= 4 is 27.3 Å². The van der Waals surface area contributed by atoms with Crippen LogP contribution in [0.2, 0.25) is 0 Å². The number of aliphatic hydroxyl groups is 1. The Morgan fingerprint density at radius 3 is 2.64 bits per heavy atom. The molecule has 0 bridgehead atoms. The number of β-amino-alcohol motifs (C(OH)–C–C–N with tert-alkyl or cyclic N) is 1. The topological polar surface area (TPSA) is 71.2 Å². The van der Waals surface area contributed by atoms with Gasteiger partial charge in [-0.1, -0.05) is 17.3 Å². The summed E-state index contributed by atoms with van der Waals surface area (Å²) in [6.45, 7) is 4.42. The number of fused-ring (bicyclic) bond motifs is 1. The number of anilines is 1. The molecule has 1 atom stereocenters. The van der Waals surface area contributed by atoms with E-state index in [2.05, 4.69) is 21.0 Å². The van der Waals surface area contributed by atoms with Crippen LogP contribution in [0.4, 0.5) is 5.69 Å². The smallest absolute Gasteiger partial charge is 0.178 e. The van der Waals surface area contributed by atoms with Gasteiger partial charge in [0.25, 0.3) is 0 Å². The number of piperazine rings is 1. The fourth-order valence-corrected chi connectivity index (χ4v) is 4.99. The standard InChI is InChI=1S/C25H27N3O4S/c1-30-22-5-3-2-4-21(22)28-13-11-27(12-14-28)16-19(29)17-31-20-8-6-18(7-9-20)24-25-23(32-26-24)10-15-33-25/h2-10,15,19,29H,11-14,16-17H2,1H3/t19-/m1/s1. The highest BCUT2D eigenvalue weighted by Crippen LogP contribution is 2.32. The van der Waals surface area contributed by atoms with Crippen molar-refractivity contribution in [3.8, 4) is 22.8 Å². The zero-order chi connectivity index (χ0) is 22.6. The number of hydrogen-bond acceptors (Lipinski definition) is 8. The van der Waals surface area contributed by atoms with E-state index in [0.717, 1.165) is 64.9 Å². The summed E-state index contributed by atoms with van der Waals surface area (Å²) >= 11 is 1.62. The maximum atomic E-state index is 10.5. The molecule has 0 amide bonds. The number of aliphatic hydroxyl groups excluding tert-OH is 1. The van der Waals surface area contributed by atoms with Crippen LogP contribution in [0, 0.1) is 0 Å². The highest BCUT2D eigenvalue weighted by atomic mass is 32.1. The fourth-order valence-electron chi connectivity index (χ4n) is 4.18. The third-order valence-electron chi connectivity index (χ3n) is 5.92. The molecule has 172 valence electrons. The van der Waals surface area contributed by atoms with Crippen LogP contribution in [0.15, 0.2) is 64.5 Å². The average molecular weight is 466 g/mol. The Labute approximate surface area is 196 Å². The van der Waals surface area contributed by atoms with Crippen LogP contribution in [-0.4, -0.2) is 67.7 Å². The van der Waals surface area contributed by atoms with Crippen molar-refractivity contribution in [3.05, 3.63) is 60.0 Å². The lowest BCUT2D eigenvalue weighted by molar-refractivity contribution is 0.0663. The summed E-state index contributed by atoms with van der Waals surface area (Å²) in [5.41, 5.74) is 3.76. The highest BCUT2D eigenvalue weighted by molar-refractivity contribution is 7.17. The number of thiophene rings is 1. The van der Waals surface area contributed by atoms with Gasteiger partial charge in [0.2, 0.25) is 0 Å². The van der Waals surface area contributed by atoms with E-state index in [9.17, 15) is 5.11 Å². The van der Waals surface area contributed by atoms with Gasteiger partial charge in [-0.3, -0.25) is 4.90 Å². The number of rotatable bonds is 8. The summed E-state index contributed by atoms with van der Waals surface area (Å²) in [4.78, 5) is 4.61. The Bertz CT molecular complexity index is 1180. The molecule has 2 aromatic heterocycles. The summed E-state index contributed by atoms with van der Waals surface area (Å²) in [7, 11) is 1.70. The van der Waals surface area contributed by atoms with Crippen LogP contribution in [0.3, 0.4) is 0 Å². The van der Waals surface area contributed by atoms with Gasteiger partial charge in [0.15, 0.2) is 5.58 Å². The summed E-state index contributed by atoms with van der Waals surface area (Å²) in [5, 5.41) is 16.7. The van der Waals surface area contributed by atoms with Crippen LogP contribution in [0.25, 0.3) is 21.5 Å². The molecule has 33 heavy (non-hydrogen) atoms. The molecule has 8 heteroatoms. The van der Waals surface area contributed by atoms with Crippen LogP contribution in [-0.2, 0) is 0 Å². The molecule has 7 nitrogen and oxygen atoms in total. The first-order valence-electron chi connectivity index (χ1n) is 11.1. The maximum Gasteiger partial charge on any atom is 0.178 e. The lowest BCUT2D eigenvalue weighted by atomic mass is 10.1. The Kier molecular flexibility index (Phi) is 6.48. The minimum atomic E-state index is -0.552. The van der Waals surface area contributed by atoms with Crippen LogP contribution in [0.5, 0.6) is 11.5 Å². The molecule has 1 saturated heterocycles. The van der Waals surface area contributed by atoms with E-state index in [-0.39, 0.29) is 6.61 Å². The van der Waals surface area contributed by atoms with Crippen molar-refractivity contribution in [2.45, 2.75) is 6.10 Å². The van der Waals surface area contributed by atoms with Crippen molar-refractivity contribution in [1.29, 1.82) is 0 Å². The Morgan fingerprint density at radius 2 is 1.85 bits per heavy atom. The van der Waals surface area contributed by atoms with E-state index in [1.54, 1.807) is 18.4 Å². The van der Waals surface area contributed by atoms with Crippen LogP contribution in [0.1, 0.15) is 0 Å². The number of aromatic nitrogens is 1. The molecule has 2 aromatic carbocycles. The number of ether oxygens (including phenoxy) is 2. The van der Waals surface area contributed by atoms with Gasteiger partial charge in [0, 0.05) is 38.3 Å². The second-order valence-electron chi connectivity index (χ2n) is 8.09. The Hall–Kier alpha value is -3.07. The third-order valence-corrected chi connectivity index (χ3v) is 6.82. The quantitative estimate of drug-likeness (QED) is 0.420. The molecule has 4 aromatic rings. The second-order valence-corrected chi connectivity index (χ2v) is 9.01. The van der Waals surface area contributed by atoms with E-state index in [1.807, 2.05) is 53.9 Å². The summed E-state index contributed by atoms with van der Waals surface area (Å²) in [5.74, 6) is 1.62. The number of methoxy groups -OCH3 is 1. The fraction of sp³-hybridized carbons (Fsp3) is 0.320. The first-order chi connectivity index (χ1) is 16.2. The predicted octanol–water partition coefficient (Wildman–Crippen LogP) is 4.13. The monoisotopic (exact) mass is 465 g/mol. The number of para-hydroxylation sites is 2. The molecule has 5 rings (SSSR count). The molecule has 0 radical (unpaired) electrons. The first kappa shape index (κ1) is 21.8. The molecule has 0 aliphatic carbocycles. The van der Waals surface area contributed by atoms with Gasteiger partial charge in [0.1, 0.15) is 34.6 Å². The summed E-state index contributed by atoms with van der Waals surface area (Å²) in [6.07, 6.45) is -0.552. The van der Waals surface area contributed by atoms with Gasteiger partial charge >= 0.3 is 0 Å². The van der Waals surface area contributed by atoms with Crippen molar-refractivity contribution in [2.24, 2.45) is 0 Å². The third kappa shape index (κ3) is 4.83. The van der Waals surface area contributed by atoms with Crippen molar-refractivity contribution in [3.63, 3.8) is 0 Å². The Morgan fingerprint density at radius 1 is 1.06 bits per heavy atom. The normalized spacial score (nSPS) is 15.6. The highest BCUT2D eigenvalue weighted by Gasteiger charge is 2.21. The van der Waals surface area contributed by atoms with E-state index >= 15 is 0 Å². The van der Waals surface area contributed by atoms with E-state index in [4.69, 9.17) is 14.0 Å². The summed E-state index contributed by atoms with van der Waals surface area (Å²) < 4.78 is 17.7. The van der Waals surface area contributed by atoms with E-state index < -0.39 is 6.10 Å². The molecular formula is C25H27N3O4S. The van der Waals surface area contributed by atoms with E-state index in [1.165, 1.54) is 0 Å². The molecule has 3 heterocycles. The molecule has 1 aliphatic rings. The van der Waals surface area contributed by atoms with Crippen molar-refractivity contribution in [2.75, 3.05) is 51.3 Å². The first-order valence-corrected chi connectivity index (χ1v) is 11.9. The van der Waals surface area contributed by atoms with Crippen molar-refractivity contribution in [1.82, 2.24) is 10.1 Å². The predicted molar refractivity (Wildman–Crippen MR) is 130 cm³/mol. The summed E-state index contributed by atoms with van der Waals surface area (Å²) in [6, 6.07) is 17.8. The number of nitrogens with zero attached hydrogens (tertiary/aromatic N) is 3. The van der Waals surface area contributed by atoms with Gasteiger partial charge < -0.3 is 24.0 Å². The zero-order valence-corrected chi connectivity index (χ0v) is 19.3. The minimum Gasteiger partial charge on any atom is -0.495 e. The zero-order valence-electron chi connectivity index (χ0n) is 18.5. The van der Waals surface area contributed by atoms with Gasteiger partial charge in [-0.2, -0.15) is 0 Å². The van der Waals surface area contributed by atoms with Crippen LogP contribution < -0.4 is 14.4 Å². The number of benzene rings is 2.